The lowest BCUT2D eigenvalue weighted by molar-refractivity contribution is -0.0157. The number of oxime groups is 1. The summed E-state index contributed by atoms with van der Waals surface area (Å²) in [5.74, 6) is 0.808. The summed E-state index contributed by atoms with van der Waals surface area (Å²) >= 11 is 0. The highest BCUT2D eigenvalue weighted by molar-refractivity contribution is 5.83. The quantitative estimate of drug-likeness (QED) is 0.633. The van der Waals surface area contributed by atoms with Gasteiger partial charge >= 0.3 is 0 Å². The predicted molar refractivity (Wildman–Crippen MR) is 62.9 cm³/mol. The second-order valence-electron chi connectivity index (χ2n) is 5.23. The molecular weight excluding hydrogens is 186 g/mol. The number of rotatable bonds is 2. The van der Waals surface area contributed by atoms with Crippen LogP contribution in [0.2, 0.25) is 0 Å². The van der Waals surface area contributed by atoms with Gasteiger partial charge in [0.05, 0.1) is 5.71 Å². The Bertz CT molecular complexity index is 306. The van der Waals surface area contributed by atoms with Crippen molar-refractivity contribution in [3.05, 3.63) is 11.6 Å². The van der Waals surface area contributed by atoms with Crippen LogP contribution in [0.15, 0.2) is 16.8 Å². The first-order valence-corrected chi connectivity index (χ1v) is 5.97. The molecule has 15 heavy (non-hydrogen) atoms. The zero-order valence-corrected chi connectivity index (χ0v) is 10.0. The third-order valence-electron chi connectivity index (χ3n) is 3.75. The van der Waals surface area contributed by atoms with Gasteiger partial charge in [0.15, 0.2) is 0 Å². The number of nitrogens with zero attached hydrogens (tertiary/aromatic N) is 1. The zero-order valence-electron chi connectivity index (χ0n) is 10.0. The number of hydrogen-bond donors (Lipinski definition) is 0. The van der Waals surface area contributed by atoms with Crippen LogP contribution in [-0.2, 0) is 4.84 Å². The molecule has 0 aromatic rings. The van der Waals surface area contributed by atoms with Crippen LogP contribution in [0.5, 0.6) is 0 Å². The second-order valence-corrected chi connectivity index (χ2v) is 5.23. The molecule has 2 nitrogen and oxygen atoms in total. The molecule has 1 aliphatic carbocycles. The van der Waals surface area contributed by atoms with Crippen LogP contribution in [0, 0.1) is 5.92 Å². The minimum atomic E-state index is 0.0861. The minimum Gasteiger partial charge on any atom is -0.389 e. The molecule has 0 radical (unpaired) electrons. The maximum absolute atomic E-state index is 5.63. The van der Waals surface area contributed by atoms with Crippen molar-refractivity contribution in [3.63, 3.8) is 0 Å². The van der Waals surface area contributed by atoms with Crippen LogP contribution in [-0.4, -0.2) is 11.3 Å². The lowest BCUT2D eigenvalue weighted by Crippen LogP contribution is -2.24. The molecule has 1 fully saturated rings. The Morgan fingerprint density at radius 3 is 3.07 bits per heavy atom. The summed E-state index contributed by atoms with van der Waals surface area (Å²) in [7, 11) is 0. The summed E-state index contributed by atoms with van der Waals surface area (Å²) in [6.45, 7) is 6.42. The Hall–Kier alpha value is -0.790. The van der Waals surface area contributed by atoms with Crippen LogP contribution in [0.3, 0.4) is 0 Å². The van der Waals surface area contributed by atoms with E-state index in [-0.39, 0.29) is 5.60 Å². The molecule has 0 saturated heterocycles. The third kappa shape index (κ3) is 2.24. The van der Waals surface area contributed by atoms with Crippen LogP contribution in [0.25, 0.3) is 0 Å². The fourth-order valence-corrected chi connectivity index (χ4v) is 2.89. The minimum absolute atomic E-state index is 0.0861. The smallest absolute Gasteiger partial charge is 0.143 e. The first-order chi connectivity index (χ1) is 7.13. The molecule has 1 heterocycles. The summed E-state index contributed by atoms with van der Waals surface area (Å²) in [4.78, 5) is 5.63. The molecule has 0 N–H and O–H groups in total. The van der Waals surface area contributed by atoms with E-state index in [1.807, 2.05) is 0 Å². The molecular formula is C13H21NO. The Kier molecular flexibility index (Phi) is 2.85. The van der Waals surface area contributed by atoms with Gasteiger partial charge in [0.25, 0.3) is 0 Å². The van der Waals surface area contributed by atoms with Crippen molar-refractivity contribution in [1.29, 1.82) is 0 Å². The third-order valence-corrected chi connectivity index (χ3v) is 3.75. The van der Waals surface area contributed by atoms with Crippen molar-refractivity contribution in [2.24, 2.45) is 11.1 Å². The maximum atomic E-state index is 5.63. The van der Waals surface area contributed by atoms with E-state index in [1.54, 1.807) is 0 Å². The fourth-order valence-electron chi connectivity index (χ4n) is 2.89. The zero-order chi connectivity index (χ0) is 10.9. The van der Waals surface area contributed by atoms with Gasteiger partial charge in [-0.1, -0.05) is 16.8 Å². The topological polar surface area (TPSA) is 21.6 Å². The molecule has 0 aromatic carbocycles. The molecule has 1 saturated carbocycles. The average Bonchev–Trinajstić information content (AvgIpc) is 2.75. The average molecular weight is 207 g/mol. The molecule has 2 rings (SSSR count). The Labute approximate surface area is 92.4 Å². The van der Waals surface area contributed by atoms with Gasteiger partial charge in [0.2, 0.25) is 0 Å². The molecule has 2 atom stereocenters. The highest BCUT2D eigenvalue weighted by Gasteiger charge is 2.44. The van der Waals surface area contributed by atoms with E-state index in [4.69, 9.17) is 4.84 Å². The standard InChI is InChI=1S/C13H21NO/c1-4-10(2)7-12-5-6-13(9-12)8-11(3)14-15-13/h4,12H,5-9H2,1-3H3/b10-4+. The molecule has 84 valence electrons. The Balaban J connectivity index is 1.90. The molecule has 2 heteroatoms. The summed E-state index contributed by atoms with van der Waals surface area (Å²) in [5.41, 5.74) is 2.76. The van der Waals surface area contributed by atoms with Crippen LogP contribution in [0.1, 0.15) is 52.9 Å². The van der Waals surface area contributed by atoms with E-state index < -0.39 is 0 Å². The van der Waals surface area contributed by atoms with Gasteiger partial charge in [-0.25, -0.2) is 0 Å². The molecule has 1 spiro atoms. The van der Waals surface area contributed by atoms with E-state index in [1.165, 1.54) is 37.0 Å². The lowest BCUT2D eigenvalue weighted by Gasteiger charge is -2.20. The summed E-state index contributed by atoms with van der Waals surface area (Å²) < 4.78 is 0. The summed E-state index contributed by atoms with van der Waals surface area (Å²) in [6, 6.07) is 0. The van der Waals surface area contributed by atoms with Gasteiger partial charge in [-0.15, -0.1) is 0 Å². The van der Waals surface area contributed by atoms with Crippen LogP contribution in [0.4, 0.5) is 0 Å². The van der Waals surface area contributed by atoms with Crippen molar-refractivity contribution >= 4 is 5.71 Å². The van der Waals surface area contributed by atoms with Crippen molar-refractivity contribution in [3.8, 4) is 0 Å². The summed E-state index contributed by atoms with van der Waals surface area (Å²) in [5, 5.41) is 4.11. The van der Waals surface area contributed by atoms with Crippen LogP contribution >= 0.6 is 0 Å². The normalized spacial score (nSPS) is 35.8. The highest BCUT2D eigenvalue weighted by atomic mass is 16.7. The van der Waals surface area contributed by atoms with Gasteiger partial charge < -0.3 is 4.84 Å². The predicted octanol–water partition coefficient (Wildman–Crippen LogP) is 3.68. The van der Waals surface area contributed by atoms with E-state index in [0.29, 0.717) is 0 Å². The Morgan fingerprint density at radius 1 is 1.67 bits per heavy atom. The van der Waals surface area contributed by atoms with E-state index in [0.717, 1.165) is 12.3 Å². The first kappa shape index (κ1) is 10.7. The van der Waals surface area contributed by atoms with Crippen LogP contribution < -0.4 is 0 Å². The molecule has 2 unspecified atom stereocenters. The van der Waals surface area contributed by atoms with Crippen molar-refractivity contribution in [2.75, 3.05) is 0 Å². The largest absolute Gasteiger partial charge is 0.389 e. The first-order valence-electron chi connectivity index (χ1n) is 5.97. The number of hydrogen-bond acceptors (Lipinski definition) is 2. The van der Waals surface area contributed by atoms with Gasteiger partial charge in [0, 0.05) is 6.42 Å². The lowest BCUT2D eigenvalue weighted by atomic mass is 9.92. The highest BCUT2D eigenvalue weighted by Crippen LogP contribution is 2.44. The SMILES string of the molecule is C/C=C(\C)CC1CCC2(CC(C)=NO2)C1. The van der Waals surface area contributed by atoms with Gasteiger partial charge in [-0.3, -0.25) is 0 Å². The molecule has 1 aliphatic heterocycles. The maximum Gasteiger partial charge on any atom is 0.143 e. The summed E-state index contributed by atoms with van der Waals surface area (Å²) in [6.07, 6.45) is 8.20. The van der Waals surface area contributed by atoms with Gasteiger partial charge in [-0.2, -0.15) is 0 Å². The van der Waals surface area contributed by atoms with E-state index >= 15 is 0 Å². The molecule has 0 aromatic heterocycles. The van der Waals surface area contributed by atoms with Gasteiger partial charge in [-0.05, 0) is 52.4 Å². The van der Waals surface area contributed by atoms with Crippen molar-refractivity contribution in [1.82, 2.24) is 0 Å². The van der Waals surface area contributed by atoms with Crippen molar-refractivity contribution < 1.29 is 4.84 Å². The van der Waals surface area contributed by atoms with E-state index in [9.17, 15) is 0 Å². The second kappa shape index (κ2) is 3.99. The van der Waals surface area contributed by atoms with E-state index in [2.05, 4.69) is 32.0 Å². The monoisotopic (exact) mass is 207 g/mol. The Morgan fingerprint density at radius 2 is 2.47 bits per heavy atom. The van der Waals surface area contributed by atoms with Crippen molar-refractivity contribution in [2.45, 2.75) is 58.5 Å². The molecule has 0 bridgehead atoms. The number of allylic oxidation sites excluding steroid dienone is 2. The van der Waals surface area contributed by atoms with Gasteiger partial charge in [0.1, 0.15) is 5.60 Å². The molecule has 2 aliphatic rings. The molecule has 0 amide bonds. The fraction of sp³-hybridized carbons (Fsp3) is 0.769.